The van der Waals surface area contributed by atoms with Gasteiger partial charge in [-0.25, -0.2) is 4.98 Å². The summed E-state index contributed by atoms with van der Waals surface area (Å²) in [7, 11) is 3.06. The van der Waals surface area contributed by atoms with Crippen molar-refractivity contribution < 1.29 is 19.1 Å². The Hall–Kier alpha value is -3.45. The van der Waals surface area contributed by atoms with E-state index in [9.17, 15) is 9.59 Å². The molecule has 29 heavy (non-hydrogen) atoms. The highest BCUT2D eigenvalue weighted by Crippen LogP contribution is 2.30. The van der Waals surface area contributed by atoms with Gasteiger partial charge in [-0.1, -0.05) is 18.2 Å². The van der Waals surface area contributed by atoms with Crippen molar-refractivity contribution in [2.45, 2.75) is 6.92 Å². The molecule has 0 fully saturated rings. The van der Waals surface area contributed by atoms with E-state index in [-0.39, 0.29) is 11.7 Å². The smallest absolute Gasteiger partial charge is 0.230 e. The molecule has 2 aromatic carbocycles. The van der Waals surface area contributed by atoms with E-state index in [2.05, 4.69) is 4.98 Å². The number of anilines is 2. The van der Waals surface area contributed by atoms with Crippen LogP contribution in [0.15, 0.2) is 60.0 Å². The van der Waals surface area contributed by atoms with E-state index in [0.29, 0.717) is 27.9 Å². The summed E-state index contributed by atoms with van der Waals surface area (Å²) >= 11 is 1.33. The zero-order valence-electron chi connectivity index (χ0n) is 16.3. The number of ether oxygens (including phenoxy) is 2. The molecule has 0 aliphatic heterocycles. The molecule has 0 aliphatic rings. The Morgan fingerprint density at radius 2 is 1.76 bits per heavy atom. The average Bonchev–Trinajstić information content (AvgIpc) is 3.20. The molecule has 0 spiro atoms. The maximum atomic E-state index is 12.5. The highest BCUT2D eigenvalue weighted by atomic mass is 32.1. The van der Waals surface area contributed by atoms with E-state index >= 15 is 0 Å². The van der Waals surface area contributed by atoms with E-state index < -0.39 is 0 Å². The lowest BCUT2D eigenvalue weighted by molar-refractivity contribution is -0.115. The van der Waals surface area contributed by atoms with Crippen LogP contribution in [0.1, 0.15) is 23.0 Å². The molecule has 7 heteroatoms. The second kappa shape index (κ2) is 9.16. The third kappa shape index (κ3) is 4.70. The lowest BCUT2D eigenvalue weighted by Crippen LogP contribution is -2.22. The summed E-state index contributed by atoms with van der Waals surface area (Å²) in [5.41, 5.74) is 1.82. The van der Waals surface area contributed by atoms with Gasteiger partial charge in [0.2, 0.25) is 5.91 Å². The maximum absolute atomic E-state index is 12.5. The van der Waals surface area contributed by atoms with Crippen LogP contribution in [0, 0.1) is 0 Å². The van der Waals surface area contributed by atoms with Gasteiger partial charge in [-0.05, 0) is 42.5 Å². The number of amides is 1. The normalized spacial score (nSPS) is 10.7. The zero-order chi connectivity index (χ0) is 20.8. The molecule has 6 nitrogen and oxygen atoms in total. The second-order valence-electron chi connectivity index (χ2n) is 6.01. The number of methoxy groups -OCH3 is 2. The molecule has 0 saturated carbocycles. The Bertz CT molecular complexity index is 1040. The van der Waals surface area contributed by atoms with Crippen LogP contribution in [0.4, 0.5) is 10.8 Å². The number of benzene rings is 2. The van der Waals surface area contributed by atoms with Gasteiger partial charge in [0, 0.05) is 17.9 Å². The minimum atomic E-state index is -0.188. The van der Waals surface area contributed by atoms with E-state index in [1.165, 1.54) is 36.3 Å². The third-order valence-electron chi connectivity index (χ3n) is 4.10. The number of aromatic nitrogens is 1. The van der Waals surface area contributed by atoms with Crippen LogP contribution in [0.3, 0.4) is 0 Å². The first-order chi connectivity index (χ1) is 14.0. The summed E-state index contributed by atoms with van der Waals surface area (Å²) in [4.78, 5) is 30.6. The van der Waals surface area contributed by atoms with Gasteiger partial charge in [0.05, 0.1) is 25.6 Å². The number of carbonyl (C=O) groups excluding carboxylic acids is 2. The van der Waals surface area contributed by atoms with Gasteiger partial charge in [-0.15, -0.1) is 11.3 Å². The van der Waals surface area contributed by atoms with Crippen molar-refractivity contribution in [1.29, 1.82) is 0 Å². The molecular formula is C22H20N2O4S. The maximum Gasteiger partial charge on any atom is 0.230 e. The first-order valence-electron chi connectivity index (χ1n) is 8.79. The van der Waals surface area contributed by atoms with E-state index in [1.54, 1.807) is 36.8 Å². The quantitative estimate of drug-likeness (QED) is 0.417. The molecule has 3 rings (SSSR count). The highest BCUT2D eigenvalue weighted by Gasteiger charge is 2.17. The zero-order valence-corrected chi connectivity index (χ0v) is 17.1. The summed E-state index contributed by atoms with van der Waals surface area (Å²) in [6, 6.07) is 14.3. The van der Waals surface area contributed by atoms with Crippen molar-refractivity contribution in [2.75, 3.05) is 19.1 Å². The van der Waals surface area contributed by atoms with Crippen molar-refractivity contribution in [1.82, 2.24) is 4.98 Å². The van der Waals surface area contributed by atoms with Gasteiger partial charge in [0.1, 0.15) is 0 Å². The second-order valence-corrected chi connectivity index (χ2v) is 6.85. The fourth-order valence-corrected chi connectivity index (χ4v) is 3.56. The largest absolute Gasteiger partial charge is 0.493 e. The van der Waals surface area contributed by atoms with Crippen molar-refractivity contribution in [3.05, 3.63) is 71.2 Å². The fraction of sp³-hybridized carbons (Fsp3) is 0.136. The molecule has 148 valence electrons. The van der Waals surface area contributed by atoms with Crippen LogP contribution in [0.25, 0.3) is 6.08 Å². The average molecular weight is 408 g/mol. The first-order valence-corrected chi connectivity index (χ1v) is 9.67. The molecule has 0 unspecified atom stereocenters. The van der Waals surface area contributed by atoms with Gasteiger partial charge in [-0.3, -0.25) is 14.5 Å². The Labute approximate surface area is 173 Å². The summed E-state index contributed by atoms with van der Waals surface area (Å²) in [5, 5.41) is 2.34. The standard InChI is InChI=1S/C22H20N2O4S/c1-15(25)24(18-7-5-4-6-8-18)22-23-17(14-29-22)10-11-19(26)16-9-12-20(27-2)21(13-16)28-3/h4-14H,1-3H3/b11-10+. The van der Waals surface area contributed by atoms with Gasteiger partial charge in [-0.2, -0.15) is 0 Å². The van der Waals surface area contributed by atoms with E-state index in [0.717, 1.165) is 5.69 Å². The minimum absolute atomic E-state index is 0.137. The van der Waals surface area contributed by atoms with Crippen molar-refractivity contribution in [3.63, 3.8) is 0 Å². The minimum Gasteiger partial charge on any atom is -0.493 e. The monoisotopic (exact) mass is 408 g/mol. The first kappa shape index (κ1) is 20.3. The van der Waals surface area contributed by atoms with Crippen LogP contribution >= 0.6 is 11.3 Å². The van der Waals surface area contributed by atoms with E-state index in [4.69, 9.17) is 9.47 Å². The molecule has 0 bridgehead atoms. The van der Waals surface area contributed by atoms with Gasteiger partial charge in [0.25, 0.3) is 0 Å². The van der Waals surface area contributed by atoms with Crippen molar-refractivity contribution in [3.8, 4) is 11.5 Å². The number of allylic oxidation sites excluding steroid dienone is 1. The van der Waals surface area contributed by atoms with Gasteiger partial charge < -0.3 is 9.47 Å². The summed E-state index contributed by atoms with van der Waals surface area (Å²) < 4.78 is 10.4. The predicted molar refractivity (Wildman–Crippen MR) is 114 cm³/mol. The SMILES string of the molecule is COc1ccc(C(=O)/C=C/c2csc(N(C(C)=O)c3ccccc3)n2)cc1OC. The van der Waals surface area contributed by atoms with Crippen molar-refractivity contribution >= 4 is 39.9 Å². The van der Waals surface area contributed by atoms with E-state index in [1.807, 2.05) is 30.3 Å². The topological polar surface area (TPSA) is 68.7 Å². The molecule has 1 heterocycles. The van der Waals surface area contributed by atoms with Crippen LogP contribution < -0.4 is 14.4 Å². The summed E-state index contributed by atoms with van der Waals surface area (Å²) in [6.45, 7) is 1.49. The van der Waals surface area contributed by atoms with Gasteiger partial charge in [0.15, 0.2) is 22.4 Å². The number of rotatable bonds is 7. The van der Waals surface area contributed by atoms with Crippen LogP contribution in [0.2, 0.25) is 0 Å². The number of nitrogens with zero attached hydrogens (tertiary/aromatic N) is 2. The Balaban J connectivity index is 1.79. The molecule has 0 aliphatic carbocycles. The van der Waals surface area contributed by atoms with Crippen LogP contribution in [-0.2, 0) is 4.79 Å². The van der Waals surface area contributed by atoms with Crippen LogP contribution in [0.5, 0.6) is 11.5 Å². The number of carbonyl (C=O) groups is 2. The molecule has 0 saturated heterocycles. The molecule has 0 N–H and O–H groups in total. The van der Waals surface area contributed by atoms with Crippen molar-refractivity contribution in [2.24, 2.45) is 0 Å². The lowest BCUT2D eigenvalue weighted by Gasteiger charge is -2.17. The summed E-state index contributed by atoms with van der Waals surface area (Å²) in [5.74, 6) is 0.722. The molecule has 1 amide bonds. The Morgan fingerprint density at radius 3 is 2.41 bits per heavy atom. The third-order valence-corrected chi connectivity index (χ3v) is 4.95. The number of para-hydroxylation sites is 1. The highest BCUT2D eigenvalue weighted by molar-refractivity contribution is 7.14. The number of thiazole rings is 1. The molecule has 0 radical (unpaired) electrons. The molecule has 1 aromatic heterocycles. The number of hydrogen-bond donors (Lipinski definition) is 0. The predicted octanol–water partition coefficient (Wildman–Crippen LogP) is 4.74. The molecule has 0 atom stereocenters. The van der Waals surface area contributed by atoms with Gasteiger partial charge >= 0.3 is 0 Å². The summed E-state index contributed by atoms with van der Waals surface area (Å²) in [6.07, 6.45) is 3.07. The van der Waals surface area contributed by atoms with Crippen LogP contribution in [-0.4, -0.2) is 30.9 Å². The molecule has 3 aromatic rings. The Kier molecular flexibility index (Phi) is 6.41. The fourth-order valence-electron chi connectivity index (χ4n) is 2.71. The molecular weight excluding hydrogens is 388 g/mol. The lowest BCUT2D eigenvalue weighted by atomic mass is 10.1. The number of ketones is 1. The Morgan fingerprint density at radius 1 is 1.03 bits per heavy atom. The number of hydrogen-bond acceptors (Lipinski definition) is 6.